The first-order valence-electron chi connectivity index (χ1n) is 14.4. The molecule has 6 rings (SSSR count). The van der Waals surface area contributed by atoms with Crippen LogP contribution in [0, 0.1) is 0 Å². The molecular formula is C38H36N2O2. The summed E-state index contributed by atoms with van der Waals surface area (Å²) in [6.45, 7) is 13.6. The Hall–Kier alpha value is -4.70. The largest absolute Gasteiger partial charge is 0.507 e. The Morgan fingerprint density at radius 2 is 1.36 bits per heavy atom. The van der Waals surface area contributed by atoms with Crippen LogP contribution in [0.2, 0.25) is 0 Å². The summed E-state index contributed by atoms with van der Waals surface area (Å²) in [5.41, 5.74) is 10.5. The molecule has 0 aliphatic carbocycles. The average molecular weight is 553 g/mol. The molecule has 0 atom stereocenters. The van der Waals surface area contributed by atoms with Crippen molar-refractivity contribution in [3.63, 3.8) is 0 Å². The van der Waals surface area contributed by atoms with E-state index in [1.54, 1.807) is 6.07 Å². The molecule has 42 heavy (non-hydrogen) atoms. The number of aromatic nitrogens is 2. The number of aromatic hydroxyl groups is 1. The Labute approximate surface area is 247 Å². The highest BCUT2D eigenvalue weighted by atomic mass is 16.3. The van der Waals surface area contributed by atoms with Gasteiger partial charge in [0, 0.05) is 17.3 Å². The van der Waals surface area contributed by atoms with Crippen molar-refractivity contribution < 1.29 is 9.52 Å². The minimum atomic E-state index is -0.141. The summed E-state index contributed by atoms with van der Waals surface area (Å²) in [5.74, 6) is 0.521. The standard InChI is InChI=1S/C38H36N2O2/c1-37(2,3)30-23-26(31-16-10-11-20-39-31)22-28(34(30)38(4,5)6)27-15-12-17-33-35(27)40-36(42-33)29-21-25(18-19-32(29)41)24-13-8-7-9-14-24/h7-23,41H,1-6H3. The van der Waals surface area contributed by atoms with Crippen LogP contribution in [-0.2, 0) is 10.8 Å². The van der Waals surface area contributed by atoms with Crippen molar-refractivity contribution in [3.05, 3.63) is 114 Å². The van der Waals surface area contributed by atoms with E-state index in [9.17, 15) is 5.11 Å². The third kappa shape index (κ3) is 5.09. The summed E-state index contributed by atoms with van der Waals surface area (Å²) in [6.07, 6.45) is 1.84. The van der Waals surface area contributed by atoms with E-state index in [1.807, 2.05) is 60.8 Å². The molecule has 2 heterocycles. The van der Waals surface area contributed by atoms with Crippen molar-refractivity contribution in [2.45, 2.75) is 52.4 Å². The quantitative estimate of drug-likeness (QED) is 0.236. The van der Waals surface area contributed by atoms with Gasteiger partial charge in [0.15, 0.2) is 5.58 Å². The lowest BCUT2D eigenvalue weighted by Crippen LogP contribution is -2.23. The van der Waals surface area contributed by atoms with E-state index >= 15 is 0 Å². The van der Waals surface area contributed by atoms with E-state index in [-0.39, 0.29) is 16.6 Å². The predicted octanol–water partition coefficient (Wildman–Crippen LogP) is 10.2. The van der Waals surface area contributed by atoms with Crippen LogP contribution in [0.1, 0.15) is 52.7 Å². The molecule has 0 aliphatic heterocycles. The zero-order chi connectivity index (χ0) is 29.6. The van der Waals surface area contributed by atoms with Crippen LogP contribution in [0.3, 0.4) is 0 Å². The van der Waals surface area contributed by atoms with Gasteiger partial charge in [-0.05, 0) is 81.1 Å². The van der Waals surface area contributed by atoms with Crippen LogP contribution >= 0.6 is 0 Å². The zero-order valence-electron chi connectivity index (χ0n) is 25.1. The fraction of sp³-hybridized carbons (Fsp3) is 0.211. The molecule has 4 heteroatoms. The molecule has 0 radical (unpaired) electrons. The number of pyridine rings is 1. The van der Waals surface area contributed by atoms with Crippen molar-refractivity contribution in [1.82, 2.24) is 9.97 Å². The van der Waals surface area contributed by atoms with E-state index in [2.05, 4.69) is 82.9 Å². The highest BCUT2D eigenvalue weighted by Crippen LogP contribution is 2.45. The number of nitrogens with zero attached hydrogens (tertiary/aromatic N) is 2. The Morgan fingerprint density at radius 1 is 0.619 bits per heavy atom. The second-order valence-electron chi connectivity index (χ2n) is 12.9. The van der Waals surface area contributed by atoms with E-state index in [0.717, 1.165) is 39.0 Å². The molecule has 210 valence electrons. The fourth-order valence-corrected chi connectivity index (χ4v) is 5.73. The SMILES string of the molecule is CC(C)(C)c1cc(-c2ccccn2)cc(-c2cccc3oc(-c4cc(-c5ccccc5)ccc4O)nc23)c1C(C)(C)C. The lowest BCUT2D eigenvalue weighted by Gasteiger charge is -2.33. The van der Waals surface area contributed by atoms with Crippen LogP contribution in [0.15, 0.2) is 108 Å². The van der Waals surface area contributed by atoms with Gasteiger partial charge in [0.2, 0.25) is 5.89 Å². The number of fused-ring (bicyclic) bond motifs is 1. The lowest BCUT2D eigenvalue weighted by molar-refractivity contribution is 0.474. The zero-order valence-corrected chi connectivity index (χ0v) is 25.1. The molecule has 0 saturated heterocycles. The highest BCUT2D eigenvalue weighted by molar-refractivity contribution is 5.95. The van der Waals surface area contributed by atoms with Crippen molar-refractivity contribution in [2.75, 3.05) is 0 Å². The summed E-state index contributed by atoms with van der Waals surface area (Å²) in [4.78, 5) is 9.72. The monoisotopic (exact) mass is 552 g/mol. The summed E-state index contributed by atoms with van der Waals surface area (Å²) in [5, 5.41) is 10.9. The summed E-state index contributed by atoms with van der Waals surface area (Å²) in [7, 11) is 0. The number of benzene rings is 4. The number of hydrogen-bond donors (Lipinski definition) is 1. The second-order valence-corrected chi connectivity index (χ2v) is 12.9. The first-order chi connectivity index (χ1) is 20.0. The minimum absolute atomic E-state index is 0.102. The molecule has 0 aliphatic rings. The van der Waals surface area contributed by atoms with E-state index in [1.165, 1.54) is 11.1 Å². The minimum Gasteiger partial charge on any atom is -0.507 e. The van der Waals surface area contributed by atoms with Crippen LogP contribution in [0.25, 0.3) is 56.1 Å². The summed E-state index contributed by atoms with van der Waals surface area (Å²) >= 11 is 0. The molecule has 0 saturated carbocycles. The average Bonchev–Trinajstić information content (AvgIpc) is 3.41. The smallest absolute Gasteiger partial charge is 0.231 e. The van der Waals surface area contributed by atoms with Gasteiger partial charge < -0.3 is 9.52 Å². The number of hydrogen-bond acceptors (Lipinski definition) is 4. The number of para-hydroxylation sites is 1. The Morgan fingerprint density at radius 3 is 2.05 bits per heavy atom. The van der Waals surface area contributed by atoms with Crippen LogP contribution in [-0.4, -0.2) is 15.1 Å². The third-order valence-corrected chi connectivity index (χ3v) is 7.70. The maximum atomic E-state index is 10.9. The maximum absolute atomic E-state index is 10.9. The van der Waals surface area contributed by atoms with Gasteiger partial charge in [0.05, 0.1) is 11.3 Å². The summed E-state index contributed by atoms with van der Waals surface area (Å²) < 4.78 is 6.34. The Balaban J connectivity index is 1.60. The van der Waals surface area contributed by atoms with Gasteiger partial charge in [-0.2, -0.15) is 0 Å². The Bertz CT molecular complexity index is 1890. The van der Waals surface area contributed by atoms with Gasteiger partial charge in [-0.25, -0.2) is 4.98 Å². The molecule has 0 spiro atoms. The number of phenols is 1. The van der Waals surface area contributed by atoms with Gasteiger partial charge in [-0.15, -0.1) is 0 Å². The molecule has 6 aromatic rings. The summed E-state index contributed by atoms with van der Waals surface area (Å²) in [6, 6.07) is 32.3. The molecule has 0 fully saturated rings. The second kappa shape index (κ2) is 10.3. The van der Waals surface area contributed by atoms with Gasteiger partial charge in [0.25, 0.3) is 0 Å². The van der Waals surface area contributed by atoms with Gasteiger partial charge in [-0.1, -0.05) is 96.1 Å². The normalized spacial score (nSPS) is 12.1. The van der Waals surface area contributed by atoms with E-state index in [0.29, 0.717) is 17.0 Å². The number of phenolic OH excluding ortho intramolecular Hbond substituents is 1. The Kier molecular flexibility index (Phi) is 6.73. The molecular weight excluding hydrogens is 516 g/mol. The van der Waals surface area contributed by atoms with Crippen molar-refractivity contribution in [3.8, 4) is 50.7 Å². The van der Waals surface area contributed by atoms with Gasteiger partial charge in [0.1, 0.15) is 11.3 Å². The van der Waals surface area contributed by atoms with Crippen molar-refractivity contribution in [1.29, 1.82) is 0 Å². The van der Waals surface area contributed by atoms with Crippen molar-refractivity contribution >= 4 is 11.1 Å². The fourth-order valence-electron chi connectivity index (χ4n) is 5.73. The molecule has 0 unspecified atom stereocenters. The first-order valence-corrected chi connectivity index (χ1v) is 14.4. The molecule has 0 bridgehead atoms. The van der Waals surface area contributed by atoms with Crippen LogP contribution in [0.5, 0.6) is 5.75 Å². The van der Waals surface area contributed by atoms with E-state index < -0.39 is 0 Å². The number of rotatable bonds is 4. The first kappa shape index (κ1) is 27.5. The lowest BCUT2D eigenvalue weighted by atomic mass is 9.71. The molecule has 1 N–H and O–H groups in total. The predicted molar refractivity (Wildman–Crippen MR) is 173 cm³/mol. The molecule has 4 aromatic carbocycles. The van der Waals surface area contributed by atoms with Gasteiger partial charge in [-0.3, -0.25) is 4.98 Å². The third-order valence-electron chi connectivity index (χ3n) is 7.70. The maximum Gasteiger partial charge on any atom is 0.231 e. The number of oxazole rings is 1. The van der Waals surface area contributed by atoms with Crippen LogP contribution < -0.4 is 0 Å². The van der Waals surface area contributed by atoms with Gasteiger partial charge >= 0.3 is 0 Å². The highest BCUT2D eigenvalue weighted by Gasteiger charge is 2.30. The van der Waals surface area contributed by atoms with Crippen LogP contribution in [0.4, 0.5) is 0 Å². The van der Waals surface area contributed by atoms with E-state index in [4.69, 9.17) is 9.40 Å². The molecule has 2 aromatic heterocycles. The topological polar surface area (TPSA) is 59.2 Å². The molecule has 4 nitrogen and oxygen atoms in total. The molecule has 0 amide bonds. The van der Waals surface area contributed by atoms with Crippen molar-refractivity contribution in [2.24, 2.45) is 0 Å².